The van der Waals surface area contributed by atoms with E-state index >= 15 is 0 Å². The lowest BCUT2D eigenvalue weighted by atomic mass is 9.95. The van der Waals surface area contributed by atoms with Crippen molar-refractivity contribution in [1.29, 1.82) is 0 Å². The van der Waals surface area contributed by atoms with E-state index in [1.54, 1.807) is 30.3 Å². The van der Waals surface area contributed by atoms with E-state index in [-0.39, 0.29) is 34.1 Å². The molecule has 0 spiro atoms. The molecule has 8 heteroatoms. The Labute approximate surface area is 201 Å². The molecule has 182 valence electrons. The van der Waals surface area contributed by atoms with Gasteiger partial charge in [0, 0.05) is 11.1 Å². The lowest BCUT2D eigenvalue weighted by Gasteiger charge is -2.29. The van der Waals surface area contributed by atoms with E-state index in [0.717, 1.165) is 5.56 Å². The summed E-state index contributed by atoms with van der Waals surface area (Å²) in [6.45, 7) is 7.45. The van der Waals surface area contributed by atoms with Gasteiger partial charge in [-0.2, -0.15) is 4.72 Å². The topological polar surface area (TPSA) is 113 Å². The van der Waals surface area contributed by atoms with Gasteiger partial charge >= 0.3 is 0 Å². The molecule has 3 atom stereocenters. The van der Waals surface area contributed by atoms with E-state index in [1.165, 1.54) is 12.1 Å². The summed E-state index contributed by atoms with van der Waals surface area (Å²) >= 11 is 0. The molecule has 0 aliphatic rings. The summed E-state index contributed by atoms with van der Waals surface area (Å²) in [6.07, 6.45) is -0.924. The van der Waals surface area contributed by atoms with Gasteiger partial charge in [0.1, 0.15) is 12.1 Å². The van der Waals surface area contributed by atoms with Gasteiger partial charge in [-0.3, -0.25) is 9.59 Å². The lowest BCUT2D eigenvalue weighted by Crippen LogP contribution is -2.52. The predicted molar refractivity (Wildman–Crippen MR) is 132 cm³/mol. The summed E-state index contributed by atoms with van der Waals surface area (Å²) in [5, 5.41) is 13.8. The number of rotatable bonds is 11. The zero-order chi connectivity index (χ0) is 25.0. The Bertz CT molecular complexity index is 1210. The molecular formula is C26H32N2O5S. The van der Waals surface area contributed by atoms with Crippen molar-refractivity contribution < 1.29 is 18.3 Å². The van der Waals surface area contributed by atoms with E-state index < -0.39 is 34.1 Å². The zero-order valence-corrected chi connectivity index (χ0v) is 20.7. The lowest BCUT2D eigenvalue weighted by molar-refractivity contribution is -0.125. The van der Waals surface area contributed by atoms with Crippen molar-refractivity contribution in [2.75, 3.05) is 0 Å². The van der Waals surface area contributed by atoms with Gasteiger partial charge in [-0.25, -0.2) is 8.42 Å². The van der Waals surface area contributed by atoms with Crippen LogP contribution in [0.4, 0.5) is 0 Å². The van der Waals surface area contributed by atoms with Crippen LogP contribution in [-0.4, -0.2) is 31.5 Å². The molecule has 3 aromatic carbocycles. The highest BCUT2D eigenvalue weighted by Crippen LogP contribution is 2.33. The molecule has 0 aliphatic heterocycles. The number of nitrogens with one attached hydrogen (secondary N) is 2. The first kappa shape index (κ1) is 25.8. The van der Waals surface area contributed by atoms with Gasteiger partial charge in [0.15, 0.2) is 5.43 Å². The average Bonchev–Trinajstić information content (AvgIpc) is 3.47. The molecule has 34 heavy (non-hydrogen) atoms. The maximum atomic E-state index is 13.2. The van der Waals surface area contributed by atoms with Gasteiger partial charge < -0.3 is 10.4 Å². The molecular weight excluding hydrogens is 452 g/mol. The largest absolute Gasteiger partial charge is 0.386 e. The van der Waals surface area contributed by atoms with Crippen LogP contribution in [0.25, 0.3) is 11.1 Å². The average molecular weight is 485 g/mol. The molecule has 0 aromatic heterocycles. The summed E-state index contributed by atoms with van der Waals surface area (Å²) in [6, 6.07) is 15.1. The smallest absolute Gasteiger partial charge is 0.241 e. The van der Waals surface area contributed by atoms with Gasteiger partial charge in [0.25, 0.3) is 0 Å². The molecule has 1 unspecified atom stereocenters. The Morgan fingerprint density at radius 2 is 1.50 bits per heavy atom. The minimum atomic E-state index is -3.92. The number of benzene rings is 2. The Kier molecular flexibility index (Phi) is 8.07. The molecule has 7 nitrogen and oxygen atoms in total. The molecule has 0 saturated carbocycles. The van der Waals surface area contributed by atoms with Crippen molar-refractivity contribution in [2.45, 2.75) is 57.2 Å². The van der Waals surface area contributed by atoms with Crippen molar-refractivity contribution in [2.24, 2.45) is 11.8 Å². The number of hydrogen-bond acceptors (Lipinski definition) is 5. The van der Waals surface area contributed by atoms with E-state index in [4.69, 9.17) is 0 Å². The second-order valence-electron chi connectivity index (χ2n) is 9.32. The van der Waals surface area contributed by atoms with Gasteiger partial charge in [-0.15, -0.1) is 0 Å². The molecule has 0 heterocycles. The van der Waals surface area contributed by atoms with Crippen molar-refractivity contribution >= 4 is 15.9 Å². The van der Waals surface area contributed by atoms with Gasteiger partial charge in [-0.1, -0.05) is 76.2 Å². The van der Waals surface area contributed by atoms with Gasteiger partial charge in [-0.05, 0) is 36.0 Å². The summed E-state index contributed by atoms with van der Waals surface area (Å²) in [5.74, 6) is -0.711. The third kappa shape index (κ3) is 6.00. The van der Waals surface area contributed by atoms with Crippen LogP contribution >= 0.6 is 0 Å². The van der Waals surface area contributed by atoms with Crippen molar-refractivity contribution in [3.8, 4) is 11.1 Å². The summed E-state index contributed by atoms with van der Waals surface area (Å²) < 4.78 is 28.2. The fourth-order valence-electron chi connectivity index (χ4n) is 3.95. The SMILES string of the molecule is CC(C)C[C@H](NS(=O)(=O)c1ccccc1)C(=O)N[C@@H](C(C)C)C(O)c1c(-c2ccccc2)c1=O. The number of aliphatic hydroxyl groups is 1. The van der Waals surface area contributed by atoms with Crippen LogP contribution in [0.5, 0.6) is 0 Å². The van der Waals surface area contributed by atoms with Crippen molar-refractivity contribution in [3.63, 3.8) is 0 Å². The number of sulfonamides is 1. The number of aliphatic hydroxyl groups excluding tert-OH is 1. The van der Waals surface area contributed by atoms with Gasteiger partial charge in [0.05, 0.1) is 10.9 Å². The molecule has 3 aromatic rings. The molecule has 1 amide bonds. The maximum Gasteiger partial charge on any atom is 0.241 e. The van der Waals surface area contributed by atoms with E-state index in [0.29, 0.717) is 5.56 Å². The van der Waals surface area contributed by atoms with Crippen molar-refractivity contribution in [3.05, 3.63) is 76.5 Å². The maximum absolute atomic E-state index is 13.2. The van der Waals surface area contributed by atoms with E-state index in [1.807, 2.05) is 45.9 Å². The summed E-state index contributed by atoms with van der Waals surface area (Å²) in [5.41, 5.74) is 1.26. The monoisotopic (exact) mass is 484 g/mol. The minimum Gasteiger partial charge on any atom is -0.386 e. The second-order valence-corrected chi connectivity index (χ2v) is 11.0. The first-order chi connectivity index (χ1) is 16.0. The third-order valence-electron chi connectivity index (χ3n) is 5.78. The fourth-order valence-corrected chi connectivity index (χ4v) is 5.18. The Morgan fingerprint density at radius 3 is 2.03 bits per heavy atom. The molecule has 3 N–H and O–H groups in total. The second kappa shape index (κ2) is 10.6. The van der Waals surface area contributed by atoms with Crippen LogP contribution in [0.2, 0.25) is 0 Å². The van der Waals surface area contributed by atoms with Gasteiger partial charge in [0.2, 0.25) is 15.9 Å². The summed E-state index contributed by atoms with van der Waals surface area (Å²) in [4.78, 5) is 25.8. The quantitative estimate of drug-likeness (QED) is 0.387. The first-order valence-electron chi connectivity index (χ1n) is 11.4. The van der Waals surface area contributed by atoms with E-state index in [9.17, 15) is 23.1 Å². The van der Waals surface area contributed by atoms with Crippen LogP contribution in [-0.2, 0) is 14.8 Å². The minimum absolute atomic E-state index is 0.0362. The third-order valence-corrected chi connectivity index (χ3v) is 7.27. The number of carbonyl (C=O) groups excluding carboxylic acids is 1. The highest BCUT2D eigenvalue weighted by molar-refractivity contribution is 7.89. The number of carbonyl (C=O) groups is 1. The predicted octanol–water partition coefficient (Wildman–Crippen LogP) is 3.16. The Morgan fingerprint density at radius 1 is 0.941 bits per heavy atom. The molecule has 0 aliphatic carbocycles. The highest BCUT2D eigenvalue weighted by atomic mass is 32.2. The Hall–Kier alpha value is -2.81. The standard InChI is InChI=1S/C26H32N2O5S/c1-16(2)15-20(28-34(32,33)19-13-9-6-10-14-19)26(31)27-23(17(3)4)25(30)22-21(24(22)29)18-11-7-5-8-12-18/h5-14,16-17,20,23,25,28,30H,15H2,1-4H3,(H,27,31)/t20-,23-,25?/m0/s1. The van der Waals surface area contributed by atoms with E-state index in [2.05, 4.69) is 10.0 Å². The van der Waals surface area contributed by atoms with Crippen LogP contribution in [0.3, 0.4) is 0 Å². The highest BCUT2D eigenvalue weighted by Gasteiger charge is 2.38. The Balaban J connectivity index is 1.80. The zero-order valence-electron chi connectivity index (χ0n) is 19.9. The van der Waals surface area contributed by atoms with Crippen molar-refractivity contribution in [1.82, 2.24) is 10.0 Å². The summed E-state index contributed by atoms with van der Waals surface area (Å²) in [7, 11) is -3.92. The normalized spacial score (nSPS) is 14.9. The molecule has 0 saturated heterocycles. The molecule has 0 fully saturated rings. The van der Waals surface area contributed by atoms with Crippen LogP contribution in [0.1, 0.15) is 45.8 Å². The first-order valence-corrected chi connectivity index (χ1v) is 12.9. The van der Waals surface area contributed by atoms with Crippen LogP contribution < -0.4 is 15.5 Å². The number of hydrogen-bond donors (Lipinski definition) is 3. The van der Waals surface area contributed by atoms with Crippen LogP contribution in [0.15, 0.2) is 70.4 Å². The fraction of sp³-hybridized carbons (Fsp3) is 0.385. The molecule has 3 rings (SSSR count). The molecule has 0 radical (unpaired) electrons. The number of amides is 1. The molecule has 0 bridgehead atoms. The van der Waals surface area contributed by atoms with Crippen LogP contribution in [0, 0.1) is 11.8 Å².